The lowest BCUT2D eigenvalue weighted by Gasteiger charge is -2.48. The topological polar surface area (TPSA) is 112 Å². The average molecular weight is 493 g/mol. The molecule has 1 atom stereocenters. The highest BCUT2D eigenvalue weighted by Gasteiger charge is 2.53. The van der Waals surface area contributed by atoms with Crippen molar-refractivity contribution in [3.05, 3.63) is 77.2 Å². The van der Waals surface area contributed by atoms with Crippen molar-refractivity contribution in [1.29, 1.82) is 0 Å². The van der Waals surface area contributed by atoms with Gasteiger partial charge in [-0.25, -0.2) is 0 Å². The van der Waals surface area contributed by atoms with Crippen molar-refractivity contribution >= 4 is 52.3 Å². The van der Waals surface area contributed by atoms with Gasteiger partial charge in [-0.2, -0.15) is 0 Å². The quantitative estimate of drug-likeness (QED) is 0.556. The molecule has 2 aromatic carbocycles. The third kappa shape index (κ3) is 3.93. The lowest BCUT2D eigenvalue weighted by molar-refractivity contribution is -0.120. The lowest BCUT2D eigenvalue weighted by Crippen LogP contribution is -2.63. The molecule has 178 valence electrons. The van der Waals surface area contributed by atoms with Crippen LogP contribution in [-0.2, 0) is 9.59 Å². The van der Waals surface area contributed by atoms with Crippen LogP contribution in [-0.4, -0.2) is 40.7 Å². The molecule has 5 rings (SSSR count). The fourth-order valence-electron chi connectivity index (χ4n) is 4.60. The van der Waals surface area contributed by atoms with Gasteiger partial charge in [-0.05, 0) is 55.8 Å². The maximum Gasteiger partial charge on any atom is 0.291 e. The Morgan fingerprint density at radius 3 is 2.63 bits per heavy atom. The van der Waals surface area contributed by atoms with Gasteiger partial charge >= 0.3 is 0 Å². The zero-order valence-corrected chi connectivity index (χ0v) is 19.5. The van der Waals surface area contributed by atoms with Gasteiger partial charge in [0.15, 0.2) is 5.76 Å². The van der Waals surface area contributed by atoms with Crippen molar-refractivity contribution in [3.63, 3.8) is 0 Å². The highest BCUT2D eigenvalue weighted by Crippen LogP contribution is 2.43. The molecular formula is C25H21ClN4O5. The van der Waals surface area contributed by atoms with E-state index in [4.69, 9.17) is 16.0 Å². The number of rotatable bonds is 5. The predicted octanol–water partition coefficient (Wildman–Crippen LogP) is 4.12. The molecule has 0 radical (unpaired) electrons. The maximum absolute atomic E-state index is 13.4. The van der Waals surface area contributed by atoms with Gasteiger partial charge in [-0.3, -0.25) is 24.1 Å². The molecule has 1 unspecified atom stereocenters. The number of amides is 4. The summed E-state index contributed by atoms with van der Waals surface area (Å²) in [6.07, 6.45) is 2.06. The molecule has 2 aliphatic heterocycles. The van der Waals surface area contributed by atoms with Crippen LogP contribution in [0.15, 0.2) is 65.3 Å². The first-order chi connectivity index (χ1) is 16.8. The molecule has 3 heterocycles. The Labute approximate surface area is 205 Å². The summed E-state index contributed by atoms with van der Waals surface area (Å²) >= 11 is 6.10. The average Bonchev–Trinajstić information content (AvgIpc) is 3.47. The van der Waals surface area contributed by atoms with Gasteiger partial charge in [0, 0.05) is 11.4 Å². The summed E-state index contributed by atoms with van der Waals surface area (Å²) < 4.78 is 5.11. The molecular weight excluding hydrogens is 472 g/mol. The molecule has 1 fully saturated rings. The highest BCUT2D eigenvalue weighted by atomic mass is 35.5. The summed E-state index contributed by atoms with van der Waals surface area (Å²) in [5.74, 6) is -1.33. The molecule has 4 amide bonds. The van der Waals surface area contributed by atoms with E-state index in [1.54, 1.807) is 54.3 Å². The Morgan fingerprint density at radius 1 is 1.06 bits per heavy atom. The summed E-state index contributed by atoms with van der Waals surface area (Å²) in [5.41, 5.74) is 0.529. The summed E-state index contributed by atoms with van der Waals surface area (Å²) in [4.78, 5) is 54.7. The van der Waals surface area contributed by atoms with Crippen LogP contribution in [0.2, 0.25) is 5.02 Å². The minimum Gasteiger partial charge on any atom is -0.459 e. The van der Waals surface area contributed by atoms with Gasteiger partial charge in [0.2, 0.25) is 11.8 Å². The van der Waals surface area contributed by atoms with Gasteiger partial charge in [0.1, 0.15) is 12.2 Å². The van der Waals surface area contributed by atoms with Crippen LogP contribution in [0.25, 0.3) is 0 Å². The summed E-state index contributed by atoms with van der Waals surface area (Å²) in [7, 11) is 0. The second-order valence-corrected chi connectivity index (χ2v) is 8.96. The van der Waals surface area contributed by atoms with Crippen molar-refractivity contribution in [2.75, 3.05) is 22.1 Å². The van der Waals surface area contributed by atoms with Crippen LogP contribution in [0, 0.1) is 0 Å². The molecule has 0 spiro atoms. The number of nitrogens with zero attached hydrogens (tertiary/aromatic N) is 2. The van der Waals surface area contributed by atoms with Crippen molar-refractivity contribution in [1.82, 2.24) is 4.90 Å². The Kier molecular flexibility index (Phi) is 5.56. The van der Waals surface area contributed by atoms with Crippen LogP contribution < -0.4 is 15.5 Å². The normalized spacial score (nSPS) is 18.8. The monoisotopic (exact) mass is 492 g/mol. The summed E-state index contributed by atoms with van der Waals surface area (Å²) in [6.45, 7) is 1.50. The number of carbonyl (C=O) groups excluding carboxylic acids is 4. The number of hydrogen-bond donors (Lipinski definition) is 2. The van der Waals surface area contributed by atoms with Crippen molar-refractivity contribution in [2.45, 2.75) is 25.4 Å². The minimum absolute atomic E-state index is 0.0961. The van der Waals surface area contributed by atoms with E-state index in [1.807, 2.05) is 0 Å². The summed E-state index contributed by atoms with van der Waals surface area (Å²) in [5, 5.41) is 5.77. The molecule has 1 aromatic heterocycles. The third-order valence-electron chi connectivity index (χ3n) is 6.30. The lowest BCUT2D eigenvalue weighted by atomic mass is 9.98. The van der Waals surface area contributed by atoms with E-state index in [9.17, 15) is 19.2 Å². The van der Waals surface area contributed by atoms with E-state index >= 15 is 0 Å². The van der Waals surface area contributed by atoms with E-state index in [2.05, 4.69) is 10.6 Å². The number of carbonyl (C=O) groups is 4. The van der Waals surface area contributed by atoms with Crippen molar-refractivity contribution < 1.29 is 23.6 Å². The smallest absolute Gasteiger partial charge is 0.291 e. The van der Waals surface area contributed by atoms with Gasteiger partial charge < -0.3 is 20.0 Å². The van der Waals surface area contributed by atoms with E-state index in [0.717, 1.165) is 0 Å². The minimum atomic E-state index is -0.962. The largest absolute Gasteiger partial charge is 0.459 e. The number of benzene rings is 2. The van der Waals surface area contributed by atoms with Gasteiger partial charge in [-0.15, -0.1) is 0 Å². The standard InChI is InChI=1S/C25H21ClN4O5/c1-25-11-10-22(32)30(25)19-6-3-2-5-16(19)24(34)29(25)14-21(31)27-17-9-8-15(26)13-18(17)28-23(33)20-7-4-12-35-20/h2-9,12-13H,10-11,14H2,1H3,(H,27,31)(H,28,33). The number of para-hydroxylation sites is 1. The molecule has 2 aliphatic rings. The van der Waals surface area contributed by atoms with E-state index < -0.39 is 17.5 Å². The predicted molar refractivity (Wildman–Crippen MR) is 129 cm³/mol. The number of halogens is 1. The molecule has 0 aliphatic carbocycles. The second-order valence-electron chi connectivity index (χ2n) is 8.52. The Morgan fingerprint density at radius 2 is 1.86 bits per heavy atom. The molecule has 1 saturated heterocycles. The fraction of sp³-hybridized carbons (Fsp3) is 0.200. The van der Waals surface area contributed by atoms with E-state index in [0.29, 0.717) is 28.4 Å². The number of anilines is 3. The van der Waals surface area contributed by atoms with E-state index in [1.165, 1.54) is 23.3 Å². The van der Waals surface area contributed by atoms with Crippen molar-refractivity contribution in [3.8, 4) is 0 Å². The zero-order valence-electron chi connectivity index (χ0n) is 18.7. The third-order valence-corrected chi connectivity index (χ3v) is 6.53. The first-order valence-electron chi connectivity index (χ1n) is 11.0. The number of fused-ring (bicyclic) bond motifs is 3. The molecule has 35 heavy (non-hydrogen) atoms. The zero-order chi connectivity index (χ0) is 24.7. The molecule has 2 N–H and O–H groups in total. The molecule has 0 bridgehead atoms. The van der Waals surface area contributed by atoms with Crippen LogP contribution in [0.4, 0.5) is 17.1 Å². The number of furan rings is 1. The highest BCUT2D eigenvalue weighted by molar-refractivity contribution is 6.31. The van der Waals surface area contributed by atoms with Crippen molar-refractivity contribution in [2.24, 2.45) is 0 Å². The molecule has 0 saturated carbocycles. The van der Waals surface area contributed by atoms with Gasteiger partial charge in [0.05, 0.1) is 28.9 Å². The van der Waals surface area contributed by atoms with Gasteiger partial charge in [0.25, 0.3) is 11.8 Å². The Hall–Kier alpha value is -4.11. The SMILES string of the molecule is CC12CCC(=O)N1c1ccccc1C(=O)N2CC(=O)Nc1ccc(Cl)cc1NC(=O)c1ccco1. The van der Waals surface area contributed by atoms with Crippen LogP contribution in [0.5, 0.6) is 0 Å². The number of nitrogens with one attached hydrogen (secondary N) is 2. The molecule has 9 nitrogen and oxygen atoms in total. The van der Waals surface area contributed by atoms with E-state index in [-0.39, 0.29) is 36.2 Å². The van der Waals surface area contributed by atoms with Gasteiger partial charge in [-0.1, -0.05) is 23.7 Å². The second kappa shape index (κ2) is 8.59. The summed E-state index contributed by atoms with van der Waals surface area (Å²) in [6, 6.07) is 14.6. The van der Waals surface area contributed by atoms with Crippen LogP contribution >= 0.6 is 11.6 Å². The van der Waals surface area contributed by atoms with Crippen LogP contribution in [0.3, 0.4) is 0 Å². The molecule has 3 aromatic rings. The first-order valence-corrected chi connectivity index (χ1v) is 11.3. The Bertz CT molecular complexity index is 1360. The number of hydrogen-bond acceptors (Lipinski definition) is 5. The molecule has 10 heteroatoms. The first kappa shape index (κ1) is 22.7. The maximum atomic E-state index is 13.4. The van der Waals surface area contributed by atoms with Crippen LogP contribution in [0.1, 0.15) is 40.7 Å². The Balaban J connectivity index is 1.40. The fourth-order valence-corrected chi connectivity index (χ4v) is 4.77.